The van der Waals surface area contributed by atoms with E-state index in [0.717, 1.165) is 6.26 Å². The lowest BCUT2D eigenvalue weighted by molar-refractivity contribution is 0.0864. The summed E-state index contributed by atoms with van der Waals surface area (Å²) in [4.78, 5) is 12.5. The van der Waals surface area contributed by atoms with Crippen molar-refractivity contribution in [3.8, 4) is 11.1 Å². The van der Waals surface area contributed by atoms with Gasteiger partial charge in [-0.2, -0.15) is 0 Å². The van der Waals surface area contributed by atoms with Crippen LogP contribution in [0.2, 0.25) is 0 Å². The number of carbonyl (C=O) groups is 1. The number of benzene rings is 2. The Bertz CT molecular complexity index is 933. The van der Waals surface area contributed by atoms with Gasteiger partial charge in [-0.25, -0.2) is 12.8 Å². The Morgan fingerprint density at radius 2 is 1.63 bits per heavy atom. The predicted octanol–water partition coefficient (Wildman–Crippen LogP) is 2.93. The Kier molecular flexibility index (Phi) is 5.62. The number of amides is 1. The van der Waals surface area contributed by atoms with Crippen molar-refractivity contribution in [2.75, 3.05) is 6.26 Å². The number of aliphatic hydroxyl groups is 1. The quantitative estimate of drug-likeness (QED) is 0.839. The number of sulfone groups is 1. The van der Waals surface area contributed by atoms with E-state index >= 15 is 0 Å². The average molecular weight is 391 g/mol. The molecule has 5 nitrogen and oxygen atoms in total. The third-order valence-corrected chi connectivity index (χ3v) is 5.99. The smallest absolute Gasteiger partial charge is 0.254 e. The molecule has 0 radical (unpaired) electrons. The van der Waals surface area contributed by atoms with E-state index in [1.807, 2.05) is 0 Å². The fourth-order valence-electron chi connectivity index (χ4n) is 3.26. The summed E-state index contributed by atoms with van der Waals surface area (Å²) in [5.41, 5.74) is 1.19. The molecule has 27 heavy (non-hydrogen) atoms. The van der Waals surface area contributed by atoms with Crippen LogP contribution in [0.5, 0.6) is 0 Å². The van der Waals surface area contributed by atoms with Crippen molar-refractivity contribution in [1.29, 1.82) is 0 Å². The fourth-order valence-corrected chi connectivity index (χ4v) is 3.89. The Hall–Kier alpha value is -2.25. The maximum absolute atomic E-state index is 14.5. The third-order valence-electron chi connectivity index (χ3n) is 4.86. The Labute approximate surface area is 158 Å². The summed E-state index contributed by atoms with van der Waals surface area (Å²) < 4.78 is 37.5. The average Bonchev–Trinajstić information content (AvgIpc) is 2.63. The first kappa shape index (κ1) is 19.5. The summed E-state index contributed by atoms with van der Waals surface area (Å²) in [7, 11) is -3.29. The molecule has 3 rings (SSSR count). The monoisotopic (exact) mass is 391 g/mol. The topological polar surface area (TPSA) is 83.5 Å². The Morgan fingerprint density at radius 1 is 1.04 bits per heavy atom. The van der Waals surface area contributed by atoms with Gasteiger partial charge in [0.2, 0.25) is 0 Å². The maximum atomic E-state index is 14.5. The summed E-state index contributed by atoms with van der Waals surface area (Å²) in [6.45, 7) is 0. The molecule has 2 N–H and O–H groups in total. The van der Waals surface area contributed by atoms with Gasteiger partial charge in [-0.05, 0) is 61.1 Å². The molecule has 0 spiro atoms. The minimum absolute atomic E-state index is 0.0300. The fraction of sp³-hybridized carbons (Fsp3) is 0.350. The lowest BCUT2D eigenvalue weighted by atomic mass is 9.93. The van der Waals surface area contributed by atoms with E-state index in [0.29, 0.717) is 36.8 Å². The molecule has 1 aliphatic rings. The lowest BCUT2D eigenvalue weighted by Gasteiger charge is -2.26. The van der Waals surface area contributed by atoms with E-state index in [1.54, 1.807) is 18.2 Å². The zero-order chi connectivity index (χ0) is 19.6. The molecule has 1 fully saturated rings. The van der Waals surface area contributed by atoms with E-state index in [9.17, 15) is 22.7 Å². The molecule has 2 aromatic carbocycles. The molecule has 0 aliphatic heterocycles. The normalized spacial score (nSPS) is 20.3. The second-order valence-corrected chi connectivity index (χ2v) is 8.99. The molecule has 0 atom stereocenters. The lowest BCUT2D eigenvalue weighted by Crippen LogP contribution is -2.38. The van der Waals surface area contributed by atoms with E-state index in [-0.39, 0.29) is 22.6 Å². The van der Waals surface area contributed by atoms with Crippen molar-refractivity contribution >= 4 is 15.7 Å². The number of hydrogen-bond acceptors (Lipinski definition) is 4. The highest BCUT2D eigenvalue weighted by Gasteiger charge is 2.22. The maximum Gasteiger partial charge on any atom is 0.254 e. The number of rotatable bonds is 4. The molecule has 0 aromatic heterocycles. The van der Waals surface area contributed by atoms with Crippen LogP contribution in [0.15, 0.2) is 47.4 Å². The van der Waals surface area contributed by atoms with Crippen molar-refractivity contribution in [1.82, 2.24) is 5.32 Å². The summed E-state index contributed by atoms with van der Waals surface area (Å²) in [6.07, 6.45) is 3.44. The minimum Gasteiger partial charge on any atom is -0.393 e. The first-order valence-electron chi connectivity index (χ1n) is 8.83. The summed E-state index contributed by atoms with van der Waals surface area (Å²) >= 11 is 0. The van der Waals surface area contributed by atoms with Crippen LogP contribution in [-0.4, -0.2) is 37.8 Å². The number of hydrogen-bond donors (Lipinski definition) is 2. The van der Waals surface area contributed by atoms with Crippen LogP contribution in [0.25, 0.3) is 11.1 Å². The molecule has 0 heterocycles. The highest BCUT2D eigenvalue weighted by atomic mass is 32.2. The molecule has 1 saturated carbocycles. The van der Waals surface area contributed by atoms with Gasteiger partial charge in [0.15, 0.2) is 9.84 Å². The van der Waals surface area contributed by atoms with Gasteiger partial charge in [-0.3, -0.25) is 4.79 Å². The molecular formula is C20H22FNO4S. The molecule has 144 valence electrons. The van der Waals surface area contributed by atoms with Crippen LogP contribution in [-0.2, 0) is 9.84 Å². The Morgan fingerprint density at radius 3 is 2.19 bits per heavy atom. The van der Waals surface area contributed by atoms with Crippen molar-refractivity contribution in [3.05, 3.63) is 53.8 Å². The highest BCUT2D eigenvalue weighted by molar-refractivity contribution is 7.90. The zero-order valence-electron chi connectivity index (χ0n) is 15.0. The van der Waals surface area contributed by atoms with Gasteiger partial charge in [0, 0.05) is 12.3 Å². The van der Waals surface area contributed by atoms with Crippen LogP contribution >= 0.6 is 0 Å². The standard InChI is InChI=1S/C20H22FNO4S/c1-27(25,26)17-9-2-13(3-10-17)14-4-11-18(19(21)12-14)20(24)22-15-5-7-16(23)8-6-15/h2-4,9-12,15-16,23H,5-8H2,1H3,(H,22,24)/t15-,16-. The van der Waals surface area contributed by atoms with Gasteiger partial charge >= 0.3 is 0 Å². The van der Waals surface area contributed by atoms with E-state index in [2.05, 4.69) is 5.32 Å². The molecule has 1 amide bonds. The minimum atomic E-state index is -3.29. The number of halogens is 1. The summed E-state index contributed by atoms with van der Waals surface area (Å²) in [5.74, 6) is -1.10. The van der Waals surface area contributed by atoms with E-state index in [1.165, 1.54) is 24.3 Å². The van der Waals surface area contributed by atoms with Crippen molar-refractivity contribution in [2.24, 2.45) is 0 Å². The molecule has 0 bridgehead atoms. The van der Waals surface area contributed by atoms with E-state index < -0.39 is 21.6 Å². The number of aliphatic hydroxyl groups excluding tert-OH is 1. The molecule has 0 saturated heterocycles. The van der Waals surface area contributed by atoms with Crippen LogP contribution in [0.1, 0.15) is 36.0 Å². The molecule has 1 aliphatic carbocycles. The number of carbonyl (C=O) groups excluding carboxylic acids is 1. The molecule has 2 aromatic rings. The van der Waals surface area contributed by atoms with Gasteiger partial charge in [-0.15, -0.1) is 0 Å². The second kappa shape index (κ2) is 7.78. The first-order chi connectivity index (χ1) is 12.7. The van der Waals surface area contributed by atoms with Crippen molar-refractivity contribution in [2.45, 2.75) is 42.7 Å². The highest BCUT2D eigenvalue weighted by Crippen LogP contribution is 2.24. The summed E-state index contributed by atoms with van der Waals surface area (Å²) in [5, 5.41) is 12.3. The van der Waals surface area contributed by atoms with Gasteiger partial charge in [0.1, 0.15) is 5.82 Å². The molecule has 7 heteroatoms. The van der Waals surface area contributed by atoms with E-state index in [4.69, 9.17) is 0 Å². The van der Waals surface area contributed by atoms with Gasteiger partial charge < -0.3 is 10.4 Å². The van der Waals surface area contributed by atoms with Crippen molar-refractivity contribution < 1.29 is 22.7 Å². The van der Waals surface area contributed by atoms with Gasteiger partial charge in [-0.1, -0.05) is 18.2 Å². The first-order valence-corrected chi connectivity index (χ1v) is 10.7. The Balaban J connectivity index is 1.74. The van der Waals surface area contributed by atoms with Crippen LogP contribution in [0.4, 0.5) is 4.39 Å². The predicted molar refractivity (Wildman–Crippen MR) is 101 cm³/mol. The largest absolute Gasteiger partial charge is 0.393 e. The van der Waals surface area contributed by atoms with Gasteiger partial charge in [0.05, 0.1) is 16.6 Å². The number of nitrogens with one attached hydrogen (secondary N) is 1. The van der Waals surface area contributed by atoms with Gasteiger partial charge in [0.25, 0.3) is 5.91 Å². The third kappa shape index (κ3) is 4.73. The van der Waals surface area contributed by atoms with Crippen LogP contribution in [0.3, 0.4) is 0 Å². The molecular weight excluding hydrogens is 369 g/mol. The second-order valence-electron chi connectivity index (χ2n) is 6.97. The zero-order valence-corrected chi connectivity index (χ0v) is 15.8. The van der Waals surface area contributed by atoms with Crippen LogP contribution < -0.4 is 5.32 Å². The summed E-state index contributed by atoms with van der Waals surface area (Å²) in [6, 6.07) is 10.5. The van der Waals surface area contributed by atoms with Crippen LogP contribution in [0, 0.1) is 5.82 Å². The molecule has 0 unspecified atom stereocenters. The SMILES string of the molecule is CS(=O)(=O)c1ccc(-c2ccc(C(=O)N[C@H]3CC[C@H](O)CC3)c(F)c2)cc1. The van der Waals surface area contributed by atoms with Crippen molar-refractivity contribution in [3.63, 3.8) is 0 Å².